The molecule has 3 rings (SSSR count). The zero-order chi connectivity index (χ0) is 23.3. The Labute approximate surface area is 190 Å². The maximum atomic E-state index is 13.5. The van der Waals surface area contributed by atoms with Crippen molar-refractivity contribution in [3.8, 4) is 0 Å². The van der Waals surface area contributed by atoms with Gasteiger partial charge in [0.25, 0.3) is 10.0 Å². The number of ether oxygens (including phenoxy) is 1. The van der Waals surface area contributed by atoms with Crippen LogP contribution in [0.2, 0.25) is 0 Å². The Kier molecular flexibility index (Phi) is 7.56. The van der Waals surface area contributed by atoms with Crippen LogP contribution in [0.1, 0.15) is 30.9 Å². The Bertz CT molecular complexity index is 1060. The molecule has 0 spiro atoms. The molecular formula is C24H30N2O5S. The molecule has 32 heavy (non-hydrogen) atoms. The first kappa shape index (κ1) is 23.8. The topological polar surface area (TPSA) is 84.0 Å². The number of rotatable bonds is 7. The first-order chi connectivity index (χ1) is 15.2. The molecule has 0 saturated carbocycles. The predicted molar refractivity (Wildman–Crippen MR) is 123 cm³/mol. The van der Waals surface area contributed by atoms with Crippen LogP contribution < -0.4 is 4.31 Å². The van der Waals surface area contributed by atoms with Crippen molar-refractivity contribution < 1.29 is 22.7 Å². The van der Waals surface area contributed by atoms with Gasteiger partial charge in [-0.25, -0.2) is 8.42 Å². The zero-order valence-corrected chi connectivity index (χ0v) is 19.6. The Morgan fingerprint density at radius 2 is 1.66 bits per heavy atom. The highest BCUT2D eigenvalue weighted by atomic mass is 32.2. The largest absolute Gasteiger partial charge is 0.466 e. The van der Waals surface area contributed by atoms with Crippen LogP contribution in [0.25, 0.3) is 0 Å². The maximum absolute atomic E-state index is 13.5. The normalized spacial score (nSPS) is 14.8. The minimum Gasteiger partial charge on any atom is -0.466 e. The fourth-order valence-electron chi connectivity index (χ4n) is 3.83. The molecule has 1 aliphatic rings. The van der Waals surface area contributed by atoms with Gasteiger partial charge in [0, 0.05) is 13.1 Å². The van der Waals surface area contributed by atoms with Crippen molar-refractivity contribution in [3.63, 3.8) is 0 Å². The van der Waals surface area contributed by atoms with Crippen molar-refractivity contribution in [2.24, 2.45) is 5.92 Å². The standard InChI is InChI=1S/C24H30N2O5S/c1-4-31-24(28)20-13-15-25(16-14-20)23(27)17-26(22-8-6-5-7-19(22)3)32(29,30)21-11-9-18(2)10-12-21/h5-12,20H,4,13-17H2,1-3H3. The number of hydrogen-bond donors (Lipinski definition) is 0. The summed E-state index contributed by atoms with van der Waals surface area (Å²) >= 11 is 0. The van der Waals surface area contributed by atoms with Crippen LogP contribution in [-0.4, -0.2) is 51.4 Å². The average molecular weight is 459 g/mol. The summed E-state index contributed by atoms with van der Waals surface area (Å²) in [5.74, 6) is -0.739. The second-order valence-corrected chi connectivity index (χ2v) is 9.88. The molecule has 172 valence electrons. The number of nitrogens with zero attached hydrogens (tertiary/aromatic N) is 2. The summed E-state index contributed by atoms with van der Waals surface area (Å²) in [5, 5.41) is 0. The number of carbonyl (C=O) groups is 2. The number of likely N-dealkylation sites (tertiary alicyclic amines) is 1. The van der Waals surface area contributed by atoms with Crippen LogP contribution >= 0.6 is 0 Å². The minimum absolute atomic E-state index is 0.139. The summed E-state index contributed by atoms with van der Waals surface area (Å²) in [4.78, 5) is 26.9. The summed E-state index contributed by atoms with van der Waals surface area (Å²) in [6.45, 7) is 6.31. The van der Waals surface area contributed by atoms with E-state index in [-0.39, 0.29) is 29.2 Å². The molecule has 0 bridgehead atoms. The molecule has 0 radical (unpaired) electrons. The molecule has 2 aromatic carbocycles. The molecule has 2 aromatic rings. The van der Waals surface area contributed by atoms with Crippen molar-refractivity contribution in [2.75, 3.05) is 30.5 Å². The molecule has 0 aromatic heterocycles. The molecule has 7 nitrogen and oxygen atoms in total. The van der Waals surface area contributed by atoms with E-state index in [9.17, 15) is 18.0 Å². The molecule has 1 aliphatic heterocycles. The summed E-state index contributed by atoms with van der Waals surface area (Å²) in [7, 11) is -3.95. The van der Waals surface area contributed by atoms with Gasteiger partial charge in [-0.3, -0.25) is 13.9 Å². The highest BCUT2D eigenvalue weighted by Gasteiger charge is 2.32. The third-order valence-corrected chi connectivity index (χ3v) is 7.51. The third-order valence-electron chi connectivity index (χ3n) is 5.74. The summed E-state index contributed by atoms with van der Waals surface area (Å²) in [6, 6.07) is 13.7. The van der Waals surface area contributed by atoms with Crippen LogP contribution in [-0.2, 0) is 24.3 Å². The molecule has 1 fully saturated rings. The number of aryl methyl sites for hydroxylation is 2. The lowest BCUT2D eigenvalue weighted by atomic mass is 9.97. The van der Waals surface area contributed by atoms with E-state index in [2.05, 4.69) is 0 Å². The molecule has 1 saturated heterocycles. The number of sulfonamides is 1. The molecule has 0 N–H and O–H groups in total. The van der Waals surface area contributed by atoms with Gasteiger partial charge in [-0.15, -0.1) is 0 Å². The van der Waals surface area contributed by atoms with Crippen molar-refractivity contribution in [1.29, 1.82) is 0 Å². The van der Waals surface area contributed by atoms with E-state index in [1.807, 2.05) is 26.0 Å². The monoisotopic (exact) mass is 458 g/mol. The Balaban J connectivity index is 1.83. The number of hydrogen-bond acceptors (Lipinski definition) is 5. The Morgan fingerprint density at radius 3 is 2.25 bits per heavy atom. The highest BCUT2D eigenvalue weighted by Crippen LogP contribution is 2.28. The zero-order valence-electron chi connectivity index (χ0n) is 18.8. The van der Waals surface area contributed by atoms with Crippen molar-refractivity contribution in [3.05, 3.63) is 59.7 Å². The quantitative estimate of drug-likeness (QED) is 0.595. The molecule has 8 heteroatoms. The Morgan fingerprint density at radius 1 is 1.03 bits per heavy atom. The lowest BCUT2D eigenvalue weighted by Crippen LogP contribution is -2.47. The average Bonchev–Trinajstić information content (AvgIpc) is 2.78. The van der Waals surface area contributed by atoms with Gasteiger partial charge in [0.2, 0.25) is 5.91 Å². The highest BCUT2D eigenvalue weighted by molar-refractivity contribution is 7.92. The lowest BCUT2D eigenvalue weighted by Gasteiger charge is -2.33. The van der Waals surface area contributed by atoms with E-state index in [0.29, 0.717) is 38.2 Å². The fourth-order valence-corrected chi connectivity index (χ4v) is 5.31. The van der Waals surface area contributed by atoms with Gasteiger partial charge in [0.05, 0.1) is 23.1 Å². The second-order valence-electron chi connectivity index (χ2n) is 8.02. The van der Waals surface area contributed by atoms with Gasteiger partial charge in [0.15, 0.2) is 0 Å². The molecule has 0 atom stereocenters. The molecule has 0 aliphatic carbocycles. The summed E-state index contributed by atoms with van der Waals surface area (Å²) in [6.07, 6.45) is 1.03. The van der Waals surface area contributed by atoms with Gasteiger partial charge < -0.3 is 9.64 Å². The van der Waals surface area contributed by atoms with E-state index in [1.54, 1.807) is 48.2 Å². The van der Waals surface area contributed by atoms with Crippen LogP contribution in [0.4, 0.5) is 5.69 Å². The Hall–Kier alpha value is -2.87. The van der Waals surface area contributed by atoms with Gasteiger partial charge in [0.1, 0.15) is 6.54 Å². The van der Waals surface area contributed by atoms with Crippen molar-refractivity contribution >= 4 is 27.6 Å². The smallest absolute Gasteiger partial charge is 0.309 e. The van der Waals surface area contributed by atoms with Gasteiger partial charge >= 0.3 is 5.97 Å². The summed E-state index contributed by atoms with van der Waals surface area (Å²) < 4.78 is 33.3. The molecular weight excluding hydrogens is 428 g/mol. The van der Waals surface area contributed by atoms with E-state index >= 15 is 0 Å². The maximum Gasteiger partial charge on any atom is 0.309 e. The van der Waals surface area contributed by atoms with Crippen molar-refractivity contribution in [2.45, 2.75) is 38.5 Å². The first-order valence-electron chi connectivity index (χ1n) is 10.8. The number of piperidine rings is 1. The van der Waals surface area contributed by atoms with E-state index in [1.165, 1.54) is 4.31 Å². The van der Waals surface area contributed by atoms with Crippen LogP contribution in [0.5, 0.6) is 0 Å². The number of para-hydroxylation sites is 1. The van der Waals surface area contributed by atoms with Crippen LogP contribution in [0.3, 0.4) is 0 Å². The molecule has 1 amide bonds. The molecule has 0 unspecified atom stereocenters. The minimum atomic E-state index is -3.95. The first-order valence-corrected chi connectivity index (χ1v) is 12.3. The van der Waals surface area contributed by atoms with Gasteiger partial charge in [-0.1, -0.05) is 35.9 Å². The van der Waals surface area contributed by atoms with E-state index < -0.39 is 10.0 Å². The number of amides is 1. The van der Waals surface area contributed by atoms with Crippen LogP contribution in [0.15, 0.2) is 53.4 Å². The van der Waals surface area contributed by atoms with Crippen molar-refractivity contribution in [1.82, 2.24) is 4.90 Å². The van der Waals surface area contributed by atoms with E-state index in [0.717, 1.165) is 11.1 Å². The lowest BCUT2D eigenvalue weighted by molar-refractivity contribution is -0.151. The van der Waals surface area contributed by atoms with Gasteiger partial charge in [-0.2, -0.15) is 0 Å². The molecule has 1 heterocycles. The predicted octanol–water partition coefficient (Wildman–Crippen LogP) is 3.30. The van der Waals surface area contributed by atoms with E-state index in [4.69, 9.17) is 4.74 Å². The van der Waals surface area contributed by atoms with Crippen LogP contribution in [0, 0.1) is 19.8 Å². The van der Waals surface area contributed by atoms with Gasteiger partial charge in [-0.05, 0) is 57.4 Å². The fraction of sp³-hybridized carbons (Fsp3) is 0.417. The second kappa shape index (κ2) is 10.2. The number of carbonyl (C=O) groups excluding carboxylic acids is 2. The number of esters is 1. The summed E-state index contributed by atoms with van der Waals surface area (Å²) in [5.41, 5.74) is 2.19. The SMILES string of the molecule is CCOC(=O)C1CCN(C(=O)CN(c2ccccc2C)S(=O)(=O)c2ccc(C)cc2)CC1. The number of anilines is 1. The third kappa shape index (κ3) is 5.30. The number of benzene rings is 2.